The Hall–Kier alpha value is -2.12. The molecule has 0 radical (unpaired) electrons. The average Bonchev–Trinajstić information content (AvgIpc) is 2.75. The first-order chi connectivity index (χ1) is 13.6. The number of nitrogens with zero attached hydrogens (tertiary/aromatic N) is 4. The summed E-state index contributed by atoms with van der Waals surface area (Å²) in [5.74, 6) is 0.146. The number of hydrogen-bond acceptors (Lipinski definition) is 4. The van der Waals surface area contributed by atoms with Gasteiger partial charge in [-0.1, -0.05) is 18.2 Å². The van der Waals surface area contributed by atoms with Gasteiger partial charge in [0.2, 0.25) is 5.91 Å². The van der Waals surface area contributed by atoms with E-state index in [-0.39, 0.29) is 17.9 Å². The number of benzene rings is 1. The molecule has 3 amide bonds. The Balaban J connectivity index is 1.62. The van der Waals surface area contributed by atoms with E-state index < -0.39 is 0 Å². The summed E-state index contributed by atoms with van der Waals surface area (Å²) in [6, 6.07) is 9.95. The van der Waals surface area contributed by atoms with Gasteiger partial charge in [0.15, 0.2) is 0 Å². The molecule has 0 spiro atoms. The van der Waals surface area contributed by atoms with Gasteiger partial charge in [-0.2, -0.15) is 0 Å². The molecule has 7 nitrogen and oxygen atoms in total. The Morgan fingerprint density at radius 1 is 1.04 bits per heavy atom. The van der Waals surface area contributed by atoms with Crippen molar-refractivity contribution in [3.63, 3.8) is 0 Å². The molecule has 154 valence electrons. The van der Waals surface area contributed by atoms with Crippen LogP contribution in [0.4, 0.5) is 10.5 Å². The molecule has 2 aliphatic heterocycles. The third-order valence-electron chi connectivity index (χ3n) is 5.57. The molecule has 1 aromatic carbocycles. The number of ether oxygens (including phenoxy) is 1. The molecule has 0 unspecified atom stereocenters. The number of hydrogen-bond donors (Lipinski definition) is 0. The zero-order valence-corrected chi connectivity index (χ0v) is 17.0. The number of piperidine rings is 1. The fourth-order valence-electron chi connectivity index (χ4n) is 3.86. The van der Waals surface area contributed by atoms with Crippen molar-refractivity contribution in [1.29, 1.82) is 0 Å². The molecule has 0 N–H and O–H groups in total. The van der Waals surface area contributed by atoms with Crippen LogP contribution < -0.4 is 4.90 Å². The lowest BCUT2D eigenvalue weighted by atomic mass is 9.95. The molecule has 2 aliphatic rings. The summed E-state index contributed by atoms with van der Waals surface area (Å²) in [4.78, 5) is 33.2. The van der Waals surface area contributed by atoms with Crippen LogP contribution in [0, 0.1) is 5.92 Å². The predicted molar refractivity (Wildman–Crippen MR) is 109 cm³/mol. The van der Waals surface area contributed by atoms with Crippen molar-refractivity contribution in [3.05, 3.63) is 30.3 Å². The highest BCUT2D eigenvalue weighted by molar-refractivity contribution is 5.95. The second-order valence-electron chi connectivity index (χ2n) is 7.72. The minimum Gasteiger partial charge on any atom is -0.379 e. The van der Waals surface area contributed by atoms with Crippen LogP contribution in [0.1, 0.15) is 12.8 Å². The Morgan fingerprint density at radius 3 is 2.29 bits per heavy atom. The Morgan fingerprint density at radius 2 is 1.68 bits per heavy atom. The first kappa shape index (κ1) is 20.6. The van der Waals surface area contributed by atoms with Gasteiger partial charge in [-0.25, -0.2) is 4.79 Å². The molecule has 0 aliphatic carbocycles. The zero-order chi connectivity index (χ0) is 19.9. The van der Waals surface area contributed by atoms with Crippen LogP contribution in [0.25, 0.3) is 0 Å². The van der Waals surface area contributed by atoms with Crippen molar-refractivity contribution >= 4 is 17.6 Å². The number of anilines is 1. The van der Waals surface area contributed by atoms with Crippen LogP contribution in [0.15, 0.2) is 30.3 Å². The van der Waals surface area contributed by atoms with Gasteiger partial charge < -0.3 is 19.4 Å². The third kappa shape index (κ3) is 5.23. The second kappa shape index (κ2) is 9.89. The highest BCUT2D eigenvalue weighted by atomic mass is 16.5. The minimum atomic E-state index is -0.0314. The molecule has 7 heteroatoms. The van der Waals surface area contributed by atoms with Gasteiger partial charge in [-0.15, -0.1) is 0 Å². The van der Waals surface area contributed by atoms with Crippen molar-refractivity contribution in [2.75, 3.05) is 71.5 Å². The molecule has 2 heterocycles. The maximum Gasteiger partial charge on any atom is 0.319 e. The quantitative estimate of drug-likeness (QED) is 0.771. The molecular weight excluding hydrogens is 356 g/mol. The van der Waals surface area contributed by atoms with Crippen LogP contribution in [-0.4, -0.2) is 93.2 Å². The third-order valence-corrected chi connectivity index (χ3v) is 5.57. The number of para-hydroxylation sites is 1. The van der Waals surface area contributed by atoms with E-state index in [1.807, 2.05) is 40.1 Å². The number of carbonyl (C=O) groups excluding carboxylic acids is 2. The van der Waals surface area contributed by atoms with Gasteiger partial charge in [-0.05, 0) is 25.0 Å². The molecule has 0 aromatic heterocycles. The van der Waals surface area contributed by atoms with E-state index in [1.54, 1.807) is 19.0 Å². The summed E-state index contributed by atoms with van der Waals surface area (Å²) in [7, 11) is 3.53. The summed E-state index contributed by atoms with van der Waals surface area (Å²) in [5.41, 5.74) is 0.951. The molecule has 2 saturated heterocycles. The number of rotatable bonds is 5. The first-order valence-corrected chi connectivity index (χ1v) is 10.2. The number of morpholine rings is 1. The maximum absolute atomic E-state index is 13.4. The van der Waals surface area contributed by atoms with E-state index in [1.165, 1.54) is 0 Å². The summed E-state index contributed by atoms with van der Waals surface area (Å²) in [6.07, 6.45) is 1.44. The number of carbonyl (C=O) groups is 2. The molecule has 2 fully saturated rings. The van der Waals surface area contributed by atoms with Crippen LogP contribution >= 0.6 is 0 Å². The van der Waals surface area contributed by atoms with Crippen molar-refractivity contribution < 1.29 is 14.3 Å². The van der Waals surface area contributed by atoms with Gasteiger partial charge in [0.25, 0.3) is 0 Å². The summed E-state index contributed by atoms with van der Waals surface area (Å²) >= 11 is 0. The smallest absolute Gasteiger partial charge is 0.319 e. The van der Waals surface area contributed by atoms with E-state index in [2.05, 4.69) is 4.90 Å². The lowest BCUT2D eigenvalue weighted by Crippen LogP contribution is -2.49. The normalized spacial score (nSPS) is 18.7. The van der Waals surface area contributed by atoms with Crippen molar-refractivity contribution in [2.45, 2.75) is 12.8 Å². The van der Waals surface area contributed by atoms with E-state index >= 15 is 0 Å². The SMILES string of the molecule is CN(C)C(=O)N1CCC(C(=O)N(CCN2CCOCC2)c2ccccc2)CC1. The maximum atomic E-state index is 13.4. The molecular formula is C21H32N4O3. The van der Waals surface area contributed by atoms with Crippen molar-refractivity contribution in [3.8, 4) is 0 Å². The Labute approximate surface area is 167 Å². The number of likely N-dealkylation sites (tertiary alicyclic amines) is 1. The molecule has 0 bridgehead atoms. The fraction of sp³-hybridized carbons (Fsp3) is 0.619. The molecule has 1 aromatic rings. The van der Waals surface area contributed by atoms with Gasteiger partial charge in [0.1, 0.15) is 0 Å². The van der Waals surface area contributed by atoms with Crippen LogP contribution in [-0.2, 0) is 9.53 Å². The van der Waals surface area contributed by atoms with Gasteiger partial charge in [0.05, 0.1) is 13.2 Å². The standard InChI is InChI=1S/C21H32N4O3/c1-22(2)21(27)24-10-8-18(9-11-24)20(26)25(19-6-4-3-5-7-19)13-12-23-14-16-28-17-15-23/h3-7,18H,8-17H2,1-2H3. The molecule has 3 rings (SSSR count). The first-order valence-electron chi connectivity index (χ1n) is 10.2. The van der Waals surface area contributed by atoms with Crippen LogP contribution in [0.5, 0.6) is 0 Å². The molecule has 0 saturated carbocycles. The minimum absolute atomic E-state index is 0.0260. The summed E-state index contributed by atoms with van der Waals surface area (Å²) in [6.45, 7) is 6.17. The second-order valence-corrected chi connectivity index (χ2v) is 7.72. The number of urea groups is 1. The fourth-order valence-corrected chi connectivity index (χ4v) is 3.86. The molecule has 28 heavy (non-hydrogen) atoms. The topological polar surface area (TPSA) is 56.3 Å². The van der Waals surface area contributed by atoms with E-state index in [0.717, 1.165) is 51.4 Å². The average molecular weight is 389 g/mol. The lowest BCUT2D eigenvalue weighted by Gasteiger charge is -2.36. The van der Waals surface area contributed by atoms with Crippen molar-refractivity contribution in [2.24, 2.45) is 5.92 Å². The van der Waals surface area contributed by atoms with Crippen molar-refractivity contribution in [1.82, 2.24) is 14.7 Å². The van der Waals surface area contributed by atoms with Gasteiger partial charge in [-0.3, -0.25) is 9.69 Å². The molecule has 0 atom stereocenters. The van der Waals surface area contributed by atoms with Gasteiger partial charge >= 0.3 is 6.03 Å². The monoisotopic (exact) mass is 388 g/mol. The largest absolute Gasteiger partial charge is 0.379 e. The number of amides is 3. The highest BCUT2D eigenvalue weighted by Crippen LogP contribution is 2.24. The summed E-state index contributed by atoms with van der Waals surface area (Å²) < 4.78 is 5.42. The van der Waals surface area contributed by atoms with Gasteiger partial charge in [0, 0.05) is 65.0 Å². The lowest BCUT2D eigenvalue weighted by molar-refractivity contribution is -0.123. The Bertz CT molecular complexity index is 638. The van der Waals surface area contributed by atoms with Crippen LogP contribution in [0.3, 0.4) is 0 Å². The van der Waals surface area contributed by atoms with E-state index in [9.17, 15) is 9.59 Å². The Kier molecular flexibility index (Phi) is 7.28. The van der Waals surface area contributed by atoms with Crippen LogP contribution in [0.2, 0.25) is 0 Å². The van der Waals surface area contributed by atoms with E-state index in [4.69, 9.17) is 4.74 Å². The highest BCUT2D eigenvalue weighted by Gasteiger charge is 2.31. The summed E-state index contributed by atoms with van der Waals surface area (Å²) in [5, 5.41) is 0. The zero-order valence-electron chi connectivity index (χ0n) is 17.0. The predicted octanol–water partition coefficient (Wildman–Crippen LogP) is 1.75. The van der Waals surface area contributed by atoms with E-state index in [0.29, 0.717) is 19.6 Å².